The van der Waals surface area contributed by atoms with Crippen molar-refractivity contribution in [3.63, 3.8) is 0 Å². The molecule has 3 rings (SSSR count). The second-order valence-corrected chi connectivity index (χ2v) is 4.86. The van der Waals surface area contributed by atoms with E-state index in [1.165, 1.54) is 23.1 Å². The normalized spacial score (nSPS) is 16.8. The number of alkyl halides is 3. The minimum Gasteiger partial charge on any atom is -0.326 e. The molecule has 0 aliphatic carbocycles. The van der Waals surface area contributed by atoms with Crippen molar-refractivity contribution in [2.24, 2.45) is 0 Å². The molecule has 2 N–H and O–H groups in total. The minimum atomic E-state index is -4.50. The summed E-state index contributed by atoms with van der Waals surface area (Å²) < 4.78 is 39.1. The molecule has 1 aromatic heterocycles. The Bertz CT molecular complexity index is 771. The lowest BCUT2D eigenvalue weighted by atomic mass is 10.1. The average Bonchev–Trinajstić information content (AvgIpc) is 3.01. The van der Waals surface area contributed by atoms with Gasteiger partial charge in [-0.2, -0.15) is 23.3 Å². The number of halogens is 3. The van der Waals surface area contributed by atoms with Crippen LogP contribution >= 0.6 is 0 Å². The van der Waals surface area contributed by atoms with E-state index in [-0.39, 0.29) is 18.1 Å². The third kappa shape index (κ3) is 3.00. The fraction of sp³-hybridized carbons (Fsp3) is 0.231. The lowest BCUT2D eigenvalue weighted by Gasteiger charge is -2.11. The van der Waals surface area contributed by atoms with Crippen LogP contribution in [0.5, 0.6) is 0 Å². The lowest BCUT2D eigenvalue weighted by Crippen LogP contribution is -2.23. The molecule has 0 fully saturated rings. The first kappa shape index (κ1) is 15.0. The largest absolute Gasteiger partial charge is 0.416 e. The molecule has 0 saturated heterocycles. The van der Waals surface area contributed by atoms with Crippen LogP contribution < -0.4 is 10.6 Å². The Morgan fingerprint density at radius 1 is 1.39 bits per heavy atom. The van der Waals surface area contributed by atoms with Crippen molar-refractivity contribution in [2.75, 3.05) is 10.6 Å². The van der Waals surface area contributed by atoms with Gasteiger partial charge in [0.25, 0.3) is 5.91 Å². The minimum absolute atomic E-state index is 0.00189. The van der Waals surface area contributed by atoms with Crippen molar-refractivity contribution in [1.82, 2.24) is 14.8 Å². The molecular weight excluding hydrogens is 315 g/mol. The summed E-state index contributed by atoms with van der Waals surface area (Å²) in [5.41, 5.74) is -0.866. The zero-order valence-corrected chi connectivity index (χ0v) is 11.5. The molecular formula is C13H10F3N5O2. The third-order valence-electron chi connectivity index (χ3n) is 3.26. The van der Waals surface area contributed by atoms with Gasteiger partial charge in [-0.1, -0.05) is 6.07 Å². The van der Waals surface area contributed by atoms with Crippen LogP contribution in [0.1, 0.15) is 18.0 Å². The van der Waals surface area contributed by atoms with Gasteiger partial charge in [0.05, 0.1) is 12.0 Å². The standard InChI is InChI=1S/C13H10F3N5O2/c14-13(15,16)7-2-1-3-8(4-7)19-10(22)5-9-11(23)20-12-17-6-18-21(9)12/h1-4,6,9H,5H2,(H,19,22)(H,17,18,20,23)/t9-/m1/s1. The van der Waals surface area contributed by atoms with Gasteiger partial charge < -0.3 is 5.32 Å². The number of hydrogen-bond acceptors (Lipinski definition) is 4. The van der Waals surface area contributed by atoms with Gasteiger partial charge in [-0.05, 0) is 18.2 Å². The maximum Gasteiger partial charge on any atom is 0.416 e. The molecule has 0 bridgehead atoms. The summed E-state index contributed by atoms with van der Waals surface area (Å²) in [7, 11) is 0. The molecule has 120 valence electrons. The summed E-state index contributed by atoms with van der Waals surface area (Å²) in [6.45, 7) is 0. The highest BCUT2D eigenvalue weighted by atomic mass is 19.4. The highest BCUT2D eigenvalue weighted by Crippen LogP contribution is 2.31. The average molecular weight is 325 g/mol. The Balaban J connectivity index is 1.70. The van der Waals surface area contributed by atoms with E-state index >= 15 is 0 Å². The van der Waals surface area contributed by atoms with Crippen molar-refractivity contribution < 1.29 is 22.8 Å². The second kappa shape index (κ2) is 5.38. The zero-order valence-electron chi connectivity index (χ0n) is 11.5. The fourth-order valence-corrected chi connectivity index (χ4v) is 2.21. The van der Waals surface area contributed by atoms with E-state index in [1.54, 1.807) is 0 Å². The number of benzene rings is 1. The number of hydrogen-bond donors (Lipinski definition) is 2. The van der Waals surface area contributed by atoms with E-state index in [9.17, 15) is 22.8 Å². The molecule has 23 heavy (non-hydrogen) atoms. The van der Waals surface area contributed by atoms with E-state index in [0.29, 0.717) is 0 Å². The SMILES string of the molecule is O=C(C[C@@H]1C(=O)Nc2ncnn21)Nc1cccc(C(F)(F)F)c1. The van der Waals surface area contributed by atoms with Crippen LogP contribution in [0.15, 0.2) is 30.6 Å². The van der Waals surface area contributed by atoms with Crippen molar-refractivity contribution >= 4 is 23.5 Å². The fourth-order valence-electron chi connectivity index (χ4n) is 2.21. The van der Waals surface area contributed by atoms with Gasteiger partial charge in [-0.3, -0.25) is 14.9 Å². The summed E-state index contributed by atoms with van der Waals surface area (Å²) in [6.07, 6.45) is -3.54. The number of amides is 2. The second-order valence-electron chi connectivity index (χ2n) is 4.86. The summed E-state index contributed by atoms with van der Waals surface area (Å²) in [4.78, 5) is 27.5. The van der Waals surface area contributed by atoms with Crippen molar-refractivity contribution in [2.45, 2.75) is 18.6 Å². The van der Waals surface area contributed by atoms with Gasteiger partial charge in [0.2, 0.25) is 11.9 Å². The van der Waals surface area contributed by atoms with Gasteiger partial charge in [0, 0.05) is 5.69 Å². The van der Waals surface area contributed by atoms with Crippen LogP contribution in [0.2, 0.25) is 0 Å². The number of aromatic nitrogens is 3. The van der Waals surface area contributed by atoms with Crippen LogP contribution in [0.3, 0.4) is 0 Å². The Hall–Kier alpha value is -2.91. The molecule has 10 heteroatoms. The molecule has 2 amide bonds. The predicted octanol–water partition coefficient (Wildman–Crippen LogP) is 1.82. The molecule has 0 spiro atoms. The van der Waals surface area contributed by atoms with Crippen LogP contribution in [-0.4, -0.2) is 26.6 Å². The number of nitrogens with zero attached hydrogens (tertiary/aromatic N) is 3. The number of rotatable bonds is 3. The van der Waals surface area contributed by atoms with Crippen molar-refractivity contribution in [1.29, 1.82) is 0 Å². The van der Waals surface area contributed by atoms with E-state index in [2.05, 4.69) is 20.7 Å². The Morgan fingerprint density at radius 3 is 2.91 bits per heavy atom. The summed E-state index contributed by atoms with van der Waals surface area (Å²) in [5.74, 6) is -0.820. The molecule has 1 atom stereocenters. The van der Waals surface area contributed by atoms with Crippen LogP contribution in [0.25, 0.3) is 0 Å². The molecule has 7 nitrogen and oxygen atoms in total. The van der Waals surface area contributed by atoms with Gasteiger partial charge in [-0.25, -0.2) is 4.68 Å². The van der Waals surface area contributed by atoms with E-state index in [1.807, 2.05) is 0 Å². The number of fused-ring (bicyclic) bond motifs is 1. The van der Waals surface area contributed by atoms with Crippen LogP contribution in [0, 0.1) is 0 Å². The molecule has 0 saturated carbocycles. The molecule has 0 radical (unpaired) electrons. The highest BCUT2D eigenvalue weighted by molar-refractivity contribution is 6.00. The maximum absolute atomic E-state index is 12.6. The summed E-state index contributed by atoms with van der Waals surface area (Å²) in [6, 6.07) is 3.38. The third-order valence-corrected chi connectivity index (χ3v) is 3.26. The number of carbonyl (C=O) groups excluding carboxylic acids is 2. The zero-order chi connectivity index (χ0) is 16.6. The van der Waals surface area contributed by atoms with E-state index < -0.39 is 29.6 Å². The number of nitrogens with one attached hydrogen (secondary N) is 2. The molecule has 2 aromatic rings. The first-order chi connectivity index (χ1) is 10.8. The Morgan fingerprint density at radius 2 is 2.17 bits per heavy atom. The lowest BCUT2D eigenvalue weighted by molar-refractivity contribution is -0.137. The maximum atomic E-state index is 12.6. The van der Waals surface area contributed by atoms with Crippen LogP contribution in [-0.2, 0) is 15.8 Å². The molecule has 2 heterocycles. The summed E-state index contributed by atoms with van der Waals surface area (Å²) in [5, 5.41) is 8.62. The molecule has 0 unspecified atom stereocenters. The Kier molecular flexibility index (Phi) is 3.51. The van der Waals surface area contributed by atoms with Gasteiger partial charge in [0.1, 0.15) is 12.4 Å². The highest BCUT2D eigenvalue weighted by Gasteiger charge is 2.34. The smallest absolute Gasteiger partial charge is 0.326 e. The monoisotopic (exact) mass is 325 g/mol. The number of carbonyl (C=O) groups is 2. The topological polar surface area (TPSA) is 88.9 Å². The van der Waals surface area contributed by atoms with Crippen LogP contribution in [0.4, 0.5) is 24.8 Å². The molecule has 1 aliphatic heterocycles. The van der Waals surface area contributed by atoms with Gasteiger partial charge in [-0.15, -0.1) is 0 Å². The van der Waals surface area contributed by atoms with E-state index in [4.69, 9.17) is 0 Å². The first-order valence-electron chi connectivity index (χ1n) is 6.52. The molecule has 1 aliphatic rings. The number of anilines is 2. The van der Waals surface area contributed by atoms with Gasteiger partial charge >= 0.3 is 6.18 Å². The van der Waals surface area contributed by atoms with Crippen molar-refractivity contribution in [3.05, 3.63) is 36.2 Å². The van der Waals surface area contributed by atoms with E-state index in [0.717, 1.165) is 12.1 Å². The quantitative estimate of drug-likeness (QED) is 0.901. The molecule has 1 aromatic carbocycles. The van der Waals surface area contributed by atoms with Gasteiger partial charge in [0.15, 0.2) is 0 Å². The predicted molar refractivity (Wildman–Crippen MR) is 72.4 cm³/mol. The Labute approximate surface area is 127 Å². The van der Waals surface area contributed by atoms with Crippen molar-refractivity contribution in [3.8, 4) is 0 Å². The first-order valence-corrected chi connectivity index (χ1v) is 6.52. The summed E-state index contributed by atoms with van der Waals surface area (Å²) >= 11 is 0.